The Hall–Kier alpha value is -1.95. The monoisotopic (exact) mass is 232 g/mol. The molecule has 16 heavy (non-hydrogen) atoms. The molecule has 5 nitrogen and oxygen atoms in total. The van der Waals surface area contributed by atoms with Gasteiger partial charge in [0.15, 0.2) is 0 Å². The van der Waals surface area contributed by atoms with Crippen molar-refractivity contribution in [1.82, 2.24) is 19.6 Å². The highest BCUT2D eigenvalue weighted by Crippen LogP contribution is 2.26. The SMILES string of the molecule is COc1cc(-c2nn3ccnc3s2)ccn1. The van der Waals surface area contributed by atoms with Gasteiger partial charge >= 0.3 is 0 Å². The zero-order chi connectivity index (χ0) is 11.0. The van der Waals surface area contributed by atoms with Crippen molar-refractivity contribution in [3.8, 4) is 16.5 Å². The van der Waals surface area contributed by atoms with Gasteiger partial charge in [-0.1, -0.05) is 11.3 Å². The van der Waals surface area contributed by atoms with Crippen LogP contribution >= 0.6 is 11.3 Å². The summed E-state index contributed by atoms with van der Waals surface area (Å²) in [5.74, 6) is 0.588. The van der Waals surface area contributed by atoms with E-state index in [0.717, 1.165) is 15.5 Å². The number of pyridine rings is 1. The molecule has 0 aliphatic carbocycles. The molecule has 0 radical (unpaired) electrons. The molecule has 3 aromatic rings. The second-order valence-electron chi connectivity index (χ2n) is 3.15. The average Bonchev–Trinajstić information content (AvgIpc) is 2.89. The van der Waals surface area contributed by atoms with Crippen LogP contribution in [0.1, 0.15) is 0 Å². The van der Waals surface area contributed by atoms with Gasteiger partial charge in [0, 0.05) is 24.0 Å². The molecule has 6 heteroatoms. The van der Waals surface area contributed by atoms with Gasteiger partial charge < -0.3 is 4.74 Å². The van der Waals surface area contributed by atoms with Crippen LogP contribution in [0.15, 0.2) is 30.7 Å². The minimum atomic E-state index is 0.588. The fraction of sp³-hybridized carbons (Fsp3) is 0.100. The van der Waals surface area contributed by atoms with Crippen LogP contribution < -0.4 is 4.74 Å². The Bertz CT molecular complexity index is 602. The summed E-state index contributed by atoms with van der Waals surface area (Å²) in [6, 6.07) is 3.76. The smallest absolute Gasteiger partial charge is 0.213 e. The molecule has 0 saturated heterocycles. The summed E-state index contributed by atoms with van der Waals surface area (Å²) in [5.41, 5.74) is 0.988. The first-order valence-corrected chi connectivity index (χ1v) is 5.49. The molecule has 0 spiro atoms. The number of methoxy groups -OCH3 is 1. The van der Waals surface area contributed by atoms with E-state index in [1.165, 1.54) is 11.3 Å². The molecule has 0 unspecified atom stereocenters. The first-order valence-electron chi connectivity index (χ1n) is 4.67. The van der Waals surface area contributed by atoms with Gasteiger partial charge in [0.1, 0.15) is 5.01 Å². The molecule has 0 bridgehead atoms. The topological polar surface area (TPSA) is 52.3 Å². The van der Waals surface area contributed by atoms with Crippen molar-refractivity contribution in [1.29, 1.82) is 0 Å². The minimum absolute atomic E-state index is 0.588. The van der Waals surface area contributed by atoms with E-state index in [9.17, 15) is 0 Å². The predicted octanol–water partition coefficient (Wildman–Crippen LogP) is 1.86. The van der Waals surface area contributed by atoms with Crippen molar-refractivity contribution in [2.75, 3.05) is 7.11 Å². The van der Waals surface area contributed by atoms with Gasteiger partial charge in [-0.3, -0.25) is 0 Å². The van der Waals surface area contributed by atoms with Gasteiger partial charge in [0.05, 0.1) is 13.3 Å². The van der Waals surface area contributed by atoms with Crippen molar-refractivity contribution in [2.45, 2.75) is 0 Å². The molecule has 0 N–H and O–H groups in total. The van der Waals surface area contributed by atoms with E-state index in [1.807, 2.05) is 18.3 Å². The van der Waals surface area contributed by atoms with Gasteiger partial charge in [-0.25, -0.2) is 14.5 Å². The lowest BCUT2D eigenvalue weighted by Gasteiger charge is -1.99. The normalized spacial score (nSPS) is 10.8. The van der Waals surface area contributed by atoms with Gasteiger partial charge in [-0.15, -0.1) is 0 Å². The second kappa shape index (κ2) is 3.57. The maximum atomic E-state index is 5.08. The second-order valence-corrected chi connectivity index (χ2v) is 4.10. The van der Waals surface area contributed by atoms with Gasteiger partial charge in [-0.05, 0) is 6.07 Å². The van der Waals surface area contributed by atoms with E-state index in [0.29, 0.717) is 5.88 Å². The third-order valence-electron chi connectivity index (χ3n) is 2.17. The third-order valence-corrected chi connectivity index (χ3v) is 3.15. The molecule has 3 aromatic heterocycles. The predicted molar refractivity (Wildman–Crippen MR) is 60.6 cm³/mol. The first-order chi connectivity index (χ1) is 7.86. The van der Waals surface area contributed by atoms with Crippen LogP contribution in [0.25, 0.3) is 15.5 Å². The Morgan fingerprint density at radius 1 is 1.31 bits per heavy atom. The third kappa shape index (κ3) is 1.43. The number of rotatable bonds is 2. The Balaban J connectivity index is 2.11. The molecular formula is C10H8N4OS. The zero-order valence-electron chi connectivity index (χ0n) is 8.49. The van der Waals surface area contributed by atoms with E-state index in [1.54, 1.807) is 24.0 Å². The van der Waals surface area contributed by atoms with E-state index in [-0.39, 0.29) is 0 Å². The molecular weight excluding hydrogens is 224 g/mol. The van der Waals surface area contributed by atoms with Crippen LogP contribution in [0.5, 0.6) is 5.88 Å². The van der Waals surface area contributed by atoms with Gasteiger partial charge in [-0.2, -0.15) is 5.10 Å². The molecule has 3 heterocycles. The Kier molecular flexibility index (Phi) is 2.07. The number of fused-ring (bicyclic) bond motifs is 1. The van der Waals surface area contributed by atoms with Crippen LogP contribution in [0, 0.1) is 0 Å². The molecule has 80 valence electrons. The van der Waals surface area contributed by atoms with Gasteiger partial charge in [0.25, 0.3) is 0 Å². The molecule has 0 aliphatic rings. The minimum Gasteiger partial charge on any atom is -0.481 e. The van der Waals surface area contributed by atoms with Crippen molar-refractivity contribution >= 4 is 16.3 Å². The lowest BCUT2D eigenvalue weighted by Crippen LogP contribution is -1.88. The molecule has 0 atom stereocenters. The highest BCUT2D eigenvalue weighted by Gasteiger charge is 2.07. The summed E-state index contributed by atoms with van der Waals surface area (Å²) in [5, 5.41) is 5.31. The van der Waals surface area contributed by atoms with Crippen LogP contribution in [-0.4, -0.2) is 26.7 Å². The maximum absolute atomic E-state index is 5.08. The number of aromatic nitrogens is 4. The van der Waals surface area contributed by atoms with Gasteiger partial charge in [0.2, 0.25) is 10.8 Å². The van der Waals surface area contributed by atoms with Crippen LogP contribution in [0.2, 0.25) is 0 Å². The number of ether oxygens (including phenoxy) is 1. The quantitative estimate of drug-likeness (QED) is 0.676. The summed E-state index contributed by atoms with van der Waals surface area (Å²) in [7, 11) is 1.60. The van der Waals surface area contributed by atoms with Crippen LogP contribution in [-0.2, 0) is 0 Å². The number of imidazole rings is 1. The lowest BCUT2D eigenvalue weighted by molar-refractivity contribution is 0.398. The Morgan fingerprint density at radius 2 is 2.25 bits per heavy atom. The standard InChI is InChI=1S/C10H8N4OS/c1-15-8-6-7(2-3-11-8)9-13-14-5-4-12-10(14)16-9/h2-6H,1H3. The number of nitrogens with zero attached hydrogens (tertiary/aromatic N) is 4. The zero-order valence-corrected chi connectivity index (χ0v) is 9.31. The van der Waals surface area contributed by atoms with Crippen LogP contribution in [0.4, 0.5) is 0 Å². The van der Waals surface area contributed by atoms with Crippen molar-refractivity contribution in [2.24, 2.45) is 0 Å². The summed E-state index contributed by atoms with van der Waals surface area (Å²) in [6.07, 6.45) is 5.27. The largest absolute Gasteiger partial charge is 0.481 e. The van der Waals surface area contributed by atoms with E-state index < -0.39 is 0 Å². The summed E-state index contributed by atoms with van der Waals surface area (Å²) in [4.78, 5) is 9.12. The molecule has 0 saturated carbocycles. The summed E-state index contributed by atoms with van der Waals surface area (Å²) in [6.45, 7) is 0. The number of hydrogen-bond donors (Lipinski definition) is 0. The molecule has 3 rings (SSSR count). The Morgan fingerprint density at radius 3 is 3.06 bits per heavy atom. The molecule has 0 aromatic carbocycles. The summed E-state index contributed by atoms with van der Waals surface area (Å²) < 4.78 is 6.83. The van der Waals surface area contributed by atoms with E-state index in [4.69, 9.17) is 4.74 Å². The highest BCUT2D eigenvalue weighted by atomic mass is 32.1. The fourth-order valence-corrected chi connectivity index (χ4v) is 2.26. The summed E-state index contributed by atoms with van der Waals surface area (Å²) >= 11 is 1.53. The Labute approximate surface area is 95.4 Å². The van der Waals surface area contributed by atoms with Crippen molar-refractivity contribution in [3.05, 3.63) is 30.7 Å². The van der Waals surface area contributed by atoms with Crippen molar-refractivity contribution in [3.63, 3.8) is 0 Å². The maximum Gasteiger partial charge on any atom is 0.213 e. The average molecular weight is 232 g/mol. The molecule has 0 fully saturated rings. The molecule has 0 aliphatic heterocycles. The number of hydrogen-bond acceptors (Lipinski definition) is 5. The van der Waals surface area contributed by atoms with E-state index >= 15 is 0 Å². The fourth-order valence-electron chi connectivity index (χ4n) is 1.41. The first kappa shape index (κ1) is 9.29. The molecule has 0 amide bonds. The highest BCUT2D eigenvalue weighted by molar-refractivity contribution is 7.19. The van der Waals surface area contributed by atoms with Crippen LogP contribution in [0.3, 0.4) is 0 Å². The van der Waals surface area contributed by atoms with Crippen molar-refractivity contribution < 1.29 is 4.74 Å². The van der Waals surface area contributed by atoms with E-state index in [2.05, 4.69) is 15.1 Å². The lowest BCUT2D eigenvalue weighted by atomic mass is 10.3.